The molecule has 0 spiro atoms. The summed E-state index contributed by atoms with van der Waals surface area (Å²) in [6.45, 7) is 0. The minimum Gasteiger partial charge on any atom is -0.321 e. The van der Waals surface area contributed by atoms with Gasteiger partial charge in [-0.1, -0.05) is 25.7 Å². The molecule has 0 aromatic carbocycles. The maximum absolute atomic E-state index is 12.0. The first kappa shape index (κ1) is 10.2. The van der Waals surface area contributed by atoms with Crippen molar-refractivity contribution in [3.05, 3.63) is 0 Å². The smallest absolute Gasteiger partial charge is 0.152 e. The van der Waals surface area contributed by atoms with Crippen molar-refractivity contribution in [2.24, 2.45) is 17.6 Å². The molecular weight excluding hydrogens is 174 g/mol. The van der Waals surface area contributed by atoms with E-state index in [2.05, 4.69) is 0 Å². The first-order valence-corrected chi connectivity index (χ1v) is 6.08. The van der Waals surface area contributed by atoms with Crippen molar-refractivity contribution in [1.29, 1.82) is 0 Å². The Morgan fingerprint density at radius 2 is 1.64 bits per heavy atom. The van der Waals surface area contributed by atoms with Crippen molar-refractivity contribution in [2.45, 2.75) is 57.4 Å². The van der Waals surface area contributed by atoms with E-state index in [-0.39, 0.29) is 6.04 Å². The molecule has 0 radical (unpaired) electrons. The van der Waals surface area contributed by atoms with Crippen molar-refractivity contribution < 1.29 is 4.79 Å². The molecule has 1 unspecified atom stereocenters. The average molecular weight is 195 g/mol. The normalized spacial score (nSPS) is 26.9. The summed E-state index contributed by atoms with van der Waals surface area (Å²) >= 11 is 0. The van der Waals surface area contributed by atoms with Crippen LogP contribution in [0.1, 0.15) is 51.4 Å². The van der Waals surface area contributed by atoms with E-state index in [1.807, 2.05) is 0 Å². The summed E-state index contributed by atoms with van der Waals surface area (Å²) in [7, 11) is 0. The summed E-state index contributed by atoms with van der Waals surface area (Å²) < 4.78 is 0. The minimum atomic E-state index is -0.133. The number of Topliss-reactive ketones (excluding diaryl/α,β-unsaturated/α-hetero) is 1. The molecule has 0 aromatic heterocycles. The Morgan fingerprint density at radius 1 is 1.00 bits per heavy atom. The van der Waals surface area contributed by atoms with Gasteiger partial charge >= 0.3 is 0 Å². The summed E-state index contributed by atoms with van der Waals surface area (Å²) in [5.74, 6) is 1.19. The number of hydrogen-bond acceptors (Lipinski definition) is 2. The lowest BCUT2D eigenvalue weighted by molar-refractivity contribution is -0.127. The quantitative estimate of drug-likeness (QED) is 0.750. The largest absolute Gasteiger partial charge is 0.321 e. The van der Waals surface area contributed by atoms with E-state index in [4.69, 9.17) is 5.73 Å². The Kier molecular flexibility index (Phi) is 3.22. The van der Waals surface area contributed by atoms with Crippen LogP contribution in [-0.4, -0.2) is 11.8 Å². The van der Waals surface area contributed by atoms with Crippen LogP contribution in [0.3, 0.4) is 0 Å². The number of hydrogen-bond donors (Lipinski definition) is 1. The summed E-state index contributed by atoms with van der Waals surface area (Å²) in [6, 6.07) is -0.133. The van der Waals surface area contributed by atoms with Crippen LogP contribution in [0.2, 0.25) is 0 Å². The molecule has 2 aliphatic rings. The van der Waals surface area contributed by atoms with Crippen molar-refractivity contribution in [3.63, 3.8) is 0 Å². The van der Waals surface area contributed by atoms with Crippen LogP contribution < -0.4 is 5.73 Å². The van der Waals surface area contributed by atoms with Crippen LogP contribution in [0.25, 0.3) is 0 Å². The van der Waals surface area contributed by atoms with E-state index in [1.165, 1.54) is 38.5 Å². The molecule has 0 aromatic rings. The Bertz CT molecular complexity index is 200. The van der Waals surface area contributed by atoms with Crippen LogP contribution in [0.4, 0.5) is 0 Å². The molecule has 2 heteroatoms. The average Bonchev–Trinajstić information content (AvgIpc) is 2.15. The minimum absolute atomic E-state index is 0.133. The van der Waals surface area contributed by atoms with Crippen LogP contribution in [-0.2, 0) is 4.79 Å². The Balaban J connectivity index is 1.85. The second-order valence-electron chi connectivity index (χ2n) is 4.95. The van der Waals surface area contributed by atoms with E-state index in [1.54, 1.807) is 0 Å². The van der Waals surface area contributed by atoms with Gasteiger partial charge in [-0.3, -0.25) is 4.79 Å². The van der Waals surface area contributed by atoms with Crippen LogP contribution in [0.15, 0.2) is 0 Å². The van der Waals surface area contributed by atoms with E-state index in [0.717, 1.165) is 12.8 Å². The molecule has 2 N–H and O–H groups in total. The third-order valence-electron chi connectivity index (χ3n) is 3.99. The third-order valence-corrected chi connectivity index (χ3v) is 3.99. The van der Waals surface area contributed by atoms with Gasteiger partial charge in [0.05, 0.1) is 6.04 Å². The molecular formula is C12H21NO. The van der Waals surface area contributed by atoms with Crippen LogP contribution >= 0.6 is 0 Å². The molecule has 0 bridgehead atoms. The highest BCUT2D eigenvalue weighted by molar-refractivity contribution is 5.86. The van der Waals surface area contributed by atoms with Crippen molar-refractivity contribution in [2.75, 3.05) is 0 Å². The molecule has 2 aliphatic carbocycles. The summed E-state index contributed by atoms with van der Waals surface area (Å²) in [5, 5.41) is 0. The van der Waals surface area contributed by atoms with E-state index in [9.17, 15) is 4.79 Å². The highest BCUT2D eigenvalue weighted by atomic mass is 16.1. The van der Waals surface area contributed by atoms with E-state index < -0.39 is 0 Å². The van der Waals surface area contributed by atoms with Crippen molar-refractivity contribution in [3.8, 4) is 0 Å². The topological polar surface area (TPSA) is 43.1 Å². The van der Waals surface area contributed by atoms with Gasteiger partial charge in [0.2, 0.25) is 0 Å². The molecule has 2 nitrogen and oxygen atoms in total. The van der Waals surface area contributed by atoms with Gasteiger partial charge in [-0.15, -0.1) is 0 Å². The standard InChI is InChI=1S/C12H21NO/c13-11(9-7-4-8-9)12(14)10-5-2-1-3-6-10/h9-11H,1-8,13H2. The number of carbonyl (C=O) groups is 1. The van der Waals surface area contributed by atoms with Gasteiger partial charge in [-0.05, 0) is 31.6 Å². The first-order chi connectivity index (χ1) is 6.79. The molecule has 80 valence electrons. The lowest BCUT2D eigenvalue weighted by atomic mass is 9.74. The van der Waals surface area contributed by atoms with Gasteiger partial charge in [-0.2, -0.15) is 0 Å². The lowest BCUT2D eigenvalue weighted by Gasteiger charge is -2.33. The summed E-state index contributed by atoms with van der Waals surface area (Å²) in [4.78, 5) is 12.0. The SMILES string of the molecule is NC(C(=O)C1CCCCC1)C1CCC1. The zero-order valence-electron chi connectivity index (χ0n) is 8.87. The highest BCUT2D eigenvalue weighted by Gasteiger charge is 2.33. The molecule has 0 heterocycles. The van der Waals surface area contributed by atoms with Gasteiger partial charge in [0.15, 0.2) is 5.78 Å². The molecule has 14 heavy (non-hydrogen) atoms. The second kappa shape index (κ2) is 4.43. The zero-order chi connectivity index (χ0) is 9.97. The lowest BCUT2D eigenvalue weighted by Crippen LogP contribution is -2.44. The third kappa shape index (κ3) is 2.00. The van der Waals surface area contributed by atoms with Gasteiger partial charge in [0.25, 0.3) is 0 Å². The fourth-order valence-electron chi connectivity index (χ4n) is 2.69. The first-order valence-electron chi connectivity index (χ1n) is 6.08. The molecule has 0 amide bonds. The zero-order valence-corrected chi connectivity index (χ0v) is 8.87. The van der Waals surface area contributed by atoms with Gasteiger partial charge in [-0.25, -0.2) is 0 Å². The number of ketones is 1. The molecule has 2 rings (SSSR count). The fourth-order valence-corrected chi connectivity index (χ4v) is 2.69. The maximum atomic E-state index is 12.0. The molecule has 0 saturated heterocycles. The van der Waals surface area contributed by atoms with Gasteiger partial charge in [0.1, 0.15) is 0 Å². The summed E-state index contributed by atoms with van der Waals surface area (Å²) in [5.41, 5.74) is 6.00. The number of nitrogens with two attached hydrogens (primary N) is 1. The molecule has 2 fully saturated rings. The van der Waals surface area contributed by atoms with Crippen molar-refractivity contribution in [1.82, 2.24) is 0 Å². The molecule has 2 saturated carbocycles. The van der Waals surface area contributed by atoms with Gasteiger partial charge < -0.3 is 5.73 Å². The molecule has 0 aliphatic heterocycles. The summed E-state index contributed by atoms with van der Waals surface area (Å²) in [6.07, 6.45) is 9.60. The maximum Gasteiger partial charge on any atom is 0.152 e. The van der Waals surface area contributed by atoms with Crippen LogP contribution in [0.5, 0.6) is 0 Å². The Labute approximate surface area is 86.2 Å². The highest BCUT2D eigenvalue weighted by Crippen LogP contribution is 2.32. The predicted octanol–water partition coefficient (Wildman–Crippen LogP) is 2.26. The molecule has 1 atom stereocenters. The fraction of sp³-hybridized carbons (Fsp3) is 0.917. The van der Waals surface area contributed by atoms with Crippen LogP contribution in [0, 0.1) is 11.8 Å². The van der Waals surface area contributed by atoms with E-state index in [0.29, 0.717) is 17.6 Å². The van der Waals surface area contributed by atoms with Gasteiger partial charge in [0, 0.05) is 5.92 Å². The second-order valence-corrected chi connectivity index (χ2v) is 4.95. The Morgan fingerprint density at radius 3 is 2.14 bits per heavy atom. The predicted molar refractivity (Wildman–Crippen MR) is 56.9 cm³/mol. The van der Waals surface area contributed by atoms with E-state index >= 15 is 0 Å². The van der Waals surface area contributed by atoms with Crippen molar-refractivity contribution >= 4 is 5.78 Å². The number of rotatable bonds is 3. The monoisotopic (exact) mass is 195 g/mol. The number of carbonyl (C=O) groups excluding carboxylic acids is 1. The Hall–Kier alpha value is -0.370.